The normalized spacial score (nSPS) is 10.8. The van der Waals surface area contributed by atoms with E-state index in [1.54, 1.807) is 6.92 Å². The summed E-state index contributed by atoms with van der Waals surface area (Å²) in [7, 11) is 0. The molecule has 0 spiro atoms. The number of nitrogens with zero attached hydrogens (tertiary/aromatic N) is 1. The van der Waals surface area contributed by atoms with Gasteiger partial charge in [-0.1, -0.05) is 29.9 Å². The molecule has 0 saturated heterocycles. The first-order valence-electron chi connectivity index (χ1n) is 4.97. The first kappa shape index (κ1) is 13.5. The molecule has 17 heavy (non-hydrogen) atoms. The summed E-state index contributed by atoms with van der Waals surface area (Å²) in [5.74, 6) is 0. The minimum absolute atomic E-state index is 0.113. The van der Waals surface area contributed by atoms with Crippen molar-refractivity contribution in [1.82, 2.24) is 5.43 Å². The lowest BCUT2D eigenvalue weighted by Gasteiger charge is -2.08. The molecule has 1 aromatic rings. The standard InChI is InChI=1S/C11H14N4S2/c1-7-3-5-9(6-4-7)13-10(16)8(2)14-15-11(12)17/h3-6H,1-2H3,(H,13,16)(H3,12,15,17)/b14-8-. The molecule has 90 valence electrons. The molecule has 0 fully saturated rings. The number of hydrogen-bond acceptors (Lipinski definition) is 3. The van der Waals surface area contributed by atoms with E-state index < -0.39 is 0 Å². The van der Waals surface area contributed by atoms with Crippen molar-refractivity contribution in [1.29, 1.82) is 0 Å². The van der Waals surface area contributed by atoms with Gasteiger partial charge in [0.2, 0.25) is 0 Å². The summed E-state index contributed by atoms with van der Waals surface area (Å²) >= 11 is 9.82. The molecule has 0 radical (unpaired) electrons. The topological polar surface area (TPSA) is 62.4 Å². The highest BCUT2D eigenvalue weighted by molar-refractivity contribution is 7.82. The first-order chi connectivity index (χ1) is 7.99. The Bertz CT molecular complexity index is 451. The molecule has 0 aliphatic rings. The van der Waals surface area contributed by atoms with E-state index in [1.807, 2.05) is 31.2 Å². The van der Waals surface area contributed by atoms with Crippen LogP contribution in [0.5, 0.6) is 0 Å². The maximum atomic E-state index is 5.26. The molecule has 4 N–H and O–H groups in total. The maximum Gasteiger partial charge on any atom is 0.184 e. The van der Waals surface area contributed by atoms with Gasteiger partial charge in [-0.3, -0.25) is 5.43 Å². The minimum Gasteiger partial charge on any atom is -0.375 e. The van der Waals surface area contributed by atoms with Gasteiger partial charge in [0.1, 0.15) is 4.99 Å². The van der Waals surface area contributed by atoms with Crippen molar-refractivity contribution in [2.24, 2.45) is 10.8 Å². The summed E-state index contributed by atoms with van der Waals surface area (Å²) in [6.45, 7) is 3.80. The third kappa shape index (κ3) is 4.88. The Balaban J connectivity index is 2.63. The molecule has 0 bridgehead atoms. The number of anilines is 1. The van der Waals surface area contributed by atoms with Gasteiger partial charge < -0.3 is 11.1 Å². The summed E-state index contributed by atoms with van der Waals surface area (Å²) in [6, 6.07) is 7.92. The molecular weight excluding hydrogens is 252 g/mol. The summed E-state index contributed by atoms with van der Waals surface area (Å²) in [4.78, 5) is 0.526. The van der Waals surface area contributed by atoms with E-state index in [0.29, 0.717) is 10.7 Å². The second kappa shape index (κ2) is 6.27. The fourth-order valence-corrected chi connectivity index (χ4v) is 1.26. The van der Waals surface area contributed by atoms with E-state index in [4.69, 9.17) is 18.0 Å². The SMILES string of the molecule is C/C(=N/NC(N)=S)C(=S)Nc1ccc(C)cc1. The van der Waals surface area contributed by atoms with E-state index in [2.05, 4.69) is 28.1 Å². The Hall–Kier alpha value is -1.53. The van der Waals surface area contributed by atoms with Crippen LogP contribution in [0.1, 0.15) is 12.5 Å². The van der Waals surface area contributed by atoms with Crippen molar-refractivity contribution in [2.45, 2.75) is 13.8 Å². The van der Waals surface area contributed by atoms with Crippen LogP contribution in [0.25, 0.3) is 0 Å². The number of hydrazone groups is 1. The van der Waals surface area contributed by atoms with E-state index in [1.165, 1.54) is 5.56 Å². The molecule has 0 aliphatic carbocycles. The van der Waals surface area contributed by atoms with Crippen LogP contribution in [0.15, 0.2) is 29.4 Å². The largest absolute Gasteiger partial charge is 0.375 e. The quantitative estimate of drug-likeness (QED) is 0.443. The Morgan fingerprint density at radius 2 is 1.82 bits per heavy atom. The fourth-order valence-electron chi connectivity index (χ4n) is 1.05. The van der Waals surface area contributed by atoms with E-state index in [0.717, 1.165) is 5.69 Å². The monoisotopic (exact) mass is 266 g/mol. The number of thiocarbonyl (C=S) groups is 2. The summed E-state index contributed by atoms with van der Waals surface area (Å²) in [5.41, 5.74) is 10.5. The Labute approximate surface area is 111 Å². The van der Waals surface area contributed by atoms with E-state index in [9.17, 15) is 0 Å². The summed E-state index contributed by atoms with van der Waals surface area (Å²) < 4.78 is 0. The first-order valence-corrected chi connectivity index (χ1v) is 5.78. The van der Waals surface area contributed by atoms with Gasteiger partial charge in [0, 0.05) is 5.69 Å². The molecule has 0 aliphatic heterocycles. The molecule has 0 atom stereocenters. The molecule has 1 rings (SSSR count). The van der Waals surface area contributed by atoms with Crippen LogP contribution in [-0.4, -0.2) is 15.8 Å². The van der Waals surface area contributed by atoms with Crippen LogP contribution in [0.2, 0.25) is 0 Å². The molecule has 0 saturated carbocycles. The van der Waals surface area contributed by atoms with Gasteiger partial charge in [-0.25, -0.2) is 0 Å². The number of hydrogen-bond donors (Lipinski definition) is 3. The zero-order chi connectivity index (χ0) is 12.8. The van der Waals surface area contributed by atoms with Crippen molar-refractivity contribution in [3.8, 4) is 0 Å². The van der Waals surface area contributed by atoms with Gasteiger partial charge in [0.05, 0.1) is 5.71 Å². The average molecular weight is 266 g/mol. The zero-order valence-corrected chi connectivity index (χ0v) is 11.3. The van der Waals surface area contributed by atoms with Crippen LogP contribution in [0.3, 0.4) is 0 Å². The van der Waals surface area contributed by atoms with Gasteiger partial charge in [0.25, 0.3) is 0 Å². The lowest BCUT2D eigenvalue weighted by Crippen LogP contribution is -2.28. The van der Waals surface area contributed by atoms with Crippen LogP contribution >= 0.6 is 24.4 Å². The number of benzene rings is 1. The minimum atomic E-state index is 0.113. The fraction of sp³-hybridized carbons (Fsp3) is 0.182. The lowest BCUT2D eigenvalue weighted by molar-refractivity contribution is 1.03. The van der Waals surface area contributed by atoms with Crippen molar-refractivity contribution in [2.75, 3.05) is 5.32 Å². The molecule has 6 heteroatoms. The van der Waals surface area contributed by atoms with Gasteiger partial charge in [0.15, 0.2) is 5.11 Å². The van der Waals surface area contributed by atoms with Crippen LogP contribution in [-0.2, 0) is 0 Å². The van der Waals surface area contributed by atoms with Gasteiger partial charge in [-0.2, -0.15) is 5.10 Å². The molecule has 1 aromatic carbocycles. The average Bonchev–Trinajstić information content (AvgIpc) is 2.28. The molecule has 0 unspecified atom stereocenters. The number of rotatable bonds is 3. The Morgan fingerprint density at radius 3 is 2.35 bits per heavy atom. The van der Waals surface area contributed by atoms with Crippen LogP contribution < -0.4 is 16.5 Å². The number of nitrogens with one attached hydrogen (secondary N) is 2. The maximum absolute atomic E-state index is 5.26. The van der Waals surface area contributed by atoms with Crippen molar-refractivity contribution in [3.05, 3.63) is 29.8 Å². The third-order valence-corrected chi connectivity index (χ3v) is 2.46. The molecule has 0 heterocycles. The molecule has 0 aromatic heterocycles. The zero-order valence-electron chi connectivity index (χ0n) is 9.65. The van der Waals surface area contributed by atoms with E-state index in [-0.39, 0.29) is 5.11 Å². The molecular formula is C11H14N4S2. The number of nitrogens with two attached hydrogens (primary N) is 1. The summed E-state index contributed by atoms with van der Waals surface area (Å²) in [6.07, 6.45) is 0. The van der Waals surface area contributed by atoms with Crippen molar-refractivity contribution >= 4 is 45.9 Å². The van der Waals surface area contributed by atoms with Crippen LogP contribution in [0.4, 0.5) is 5.69 Å². The second-order valence-corrected chi connectivity index (χ2v) is 4.34. The van der Waals surface area contributed by atoms with Crippen molar-refractivity contribution in [3.63, 3.8) is 0 Å². The number of aryl methyl sites for hydroxylation is 1. The Morgan fingerprint density at radius 1 is 1.24 bits per heavy atom. The lowest BCUT2D eigenvalue weighted by atomic mass is 10.2. The highest BCUT2D eigenvalue weighted by Gasteiger charge is 2.01. The molecule has 4 nitrogen and oxygen atoms in total. The molecule has 0 amide bonds. The highest BCUT2D eigenvalue weighted by atomic mass is 32.1. The van der Waals surface area contributed by atoms with Gasteiger partial charge in [-0.05, 0) is 38.2 Å². The Kier molecular flexibility index (Phi) is 4.99. The summed E-state index contributed by atoms with van der Waals surface area (Å²) in [5, 5.41) is 7.12. The predicted octanol–water partition coefficient (Wildman–Crippen LogP) is 1.94. The van der Waals surface area contributed by atoms with Gasteiger partial charge in [-0.15, -0.1) is 0 Å². The van der Waals surface area contributed by atoms with E-state index >= 15 is 0 Å². The highest BCUT2D eigenvalue weighted by Crippen LogP contribution is 2.08. The second-order valence-electron chi connectivity index (χ2n) is 3.49. The third-order valence-electron chi connectivity index (χ3n) is 1.97. The smallest absolute Gasteiger partial charge is 0.184 e. The van der Waals surface area contributed by atoms with Crippen molar-refractivity contribution < 1.29 is 0 Å². The van der Waals surface area contributed by atoms with Gasteiger partial charge >= 0.3 is 0 Å². The van der Waals surface area contributed by atoms with Crippen LogP contribution in [0, 0.1) is 6.92 Å². The predicted molar refractivity (Wildman–Crippen MR) is 80.4 cm³/mol.